The first-order valence-electron chi connectivity index (χ1n) is 6.06. The zero-order chi connectivity index (χ0) is 13.2. The van der Waals surface area contributed by atoms with Crippen molar-refractivity contribution < 1.29 is 0 Å². The molecular formula is C18H12S. The monoisotopic (exact) mass is 260 g/mol. The minimum absolute atomic E-state index is 0.766. The largest absolute Gasteiger partial charge is 0.143 e. The fourth-order valence-electron chi connectivity index (χ4n) is 2.25. The Labute approximate surface area is 118 Å². The van der Waals surface area contributed by atoms with E-state index in [9.17, 15) is 0 Å². The Kier molecular flexibility index (Phi) is 3.22. The first-order chi connectivity index (χ1) is 9.27. The summed E-state index contributed by atoms with van der Waals surface area (Å²) in [5.41, 5.74) is 4.28. The third-order valence-electron chi connectivity index (χ3n) is 3.09. The summed E-state index contributed by atoms with van der Waals surface area (Å²) < 4.78 is 0. The van der Waals surface area contributed by atoms with Crippen molar-refractivity contribution in [3.8, 4) is 22.3 Å². The summed E-state index contributed by atoms with van der Waals surface area (Å²) in [7, 11) is 0. The lowest BCUT2D eigenvalue weighted by Gasteiger charge is -2.07. The molecule has 0 unspecified atom stereocenters. The van der Waals surface area contributed by atoms with Gasteiger partial charge in [0.05, 0.1) is 0 Å². The molecule has 4 radical (unpaired) electrons. The second-order valence-corrected chi connectivity index (χ2v) is 5.40. The SMILES string of the molecule is [CH]c1sc([CH])c(-c2ccccc2)c1-c1ccccc1. The summed E-state index contributed by atoms with van der Waals surface area (Å²) in [6.45, 7) is 12.3. The van der Waals surface area contributed by atoms with Gasteiger partial charge in [-0.1, -0.05) is 60.7 Å². The van der Waals surface area contributed by atoms with Crippen molar-refractivity contribution in [1.82, 2.24) is 0 Å². The van der Waals surface area contributed by atoms with Crippen LogP contribution in [-0.4, -0.2) is 0 Å². The van der Waals surface area contributed by atoms with E-state index in [1.165, 1.54) is 11.3 Å². The second-order valence-electron chi connectivity index (χ2n) is 4.31. The molecule has 0 N–H and O–H groups in total. The first kappa shape index (κ1) is 12.2. The smallest absolute Gasteiger partial charge is 0.0177 e. The van der Waals surface area contributed by atoms with Crippen molar-refractivity contribution in [3.63, 3.8) is 0 Å². The summed E-state index contributed by atoms with van der Waals surface area (Å²) in [6, 6.07) is 20.3. The van der Waals surface area contributed by atoms with Crippen LogP contribution in [0, 0.1) is 13.8 Å². The predicted octanol–water partition coefficient (Wildman–Crippen LogP) is 5.20. The molecule has 0 bridgehead atoms. The van der Waals surface area contributed by atoms with Crippen LogP contribution >= 0.6 is 11.3 Å². The average molecular weight is 260 g/mol. The Morgan fingerprint density at radius 3 is 1.32 bits per heavy atom. The fraction of sp³-hybridized carbons (Fsp3) is 0. The number of hydrogen-bond acceptors (Lipinski definition) is 1. The van der Waals surface area contributed by atoms with Gasteiger partial charge in [0, 0.05) is 34.7 Å². The molecule has 1 heterocycles. The molecule has 0 fully saturated rings. The maximum absolute atomic E-state index is 6.15. The van der Waals surface area contributed by atoms with E-state index < -0.39 is 0 Å². The molecule has 1 heteroatoms. The van der Waals surface area contributed by atoms with Gasteiger partial charge in [-0.2, -0.15) is 0 Å². The predicted molar refractivity (Wildman–Crippen MR) is 82.0 cm³/mol. The topological polar surface area (TPSA) is 0 Å². The molecule has 0 saturated heterocycles. The molecule has 3 aromatic rings. The standard InChI is InChI=1S/C18H12S/c1-13-17(15-9-5-3-6-10-15)18(14(2)19-13)16-11-7-4-8-12-16/h1-12H. The molecule has 90 valence electrons. The lowest BCUT2D eigenvalue weighted by Crippen LogP contribution is -1.83. The fourth-order valence-corrected chi connectivity index (χ4v) is 3.13. The molecule has 0 amide bonds. The van der Waals surface area contributed by atoms with Crippen molar-refractivity contribution in [2.24, 2.45) is 0 Å². The molecule has 0 atom stereocenters. The summed E-state index contributed by atoms with van der Waals surface area (Å²) in [5, 5.41) is 0. The highest BCUT2D eigenvalue weighted by molar-refractivity contribution is 7.13. The molecule has 3 rings (SSSR count). The van der Waals surface area contributed by atoms with Gasteiger partial charge in [-0.3, -0.25) is 0 Å². The molecule has 1 aromatic heterocycles. The minimum atomic E-state index is 0.766. The average Bonchev–Trinajstić information content (AvgIpc) is 2.75. The van der Waals surface area contributed by atoms with Crippen LogP contribution < -0.4 is 0 Å². The molecule has 0 aliphatic carbocycles. The van der Waals surface area contributed by atoms with E-state index in [1.807, 2.05) is 36.4 Å². The van der Waals surface area contributed by atoms with E-state index >= 15 is 0 Å². The number of thiophene rings is 1. The van der Waals surface area contributed by atoms with Gasteiger partial charge in [-0.15, -0.1) is 11.3 Å². The van der Waals surface area contributed by atoms with E-state index in [-0.39, 0.29) is 0 Å². The number of rotatable bonds is 2. The minimum Gasteiger partial charge on any atom is -0.143 e. The highest BCUT2D eigenvalue weighted by Gasteiger charge is 2.16. The highest BCUT2D eigenvalue weighted by atomic mass is 32.1. The molecular weight excluding hydrogens is 248 g/mol. The molecule has 0 aliphatic heterocycles. The Morgan fingerprint density at radius 2 is 0.947 bits per heavy atom. The van der Waals surface area contributed by atoms with Gasteiger partial charge >= 0.3 is 0 Å². The maximum atomic E-state index is 6.15. The van der Waals surface area contributed by atoms with Gasteiger partial charge in [0.25, 0.3) is 0 Å². The van der Waals surface area contributed by atoms with E-state index in [0.29, 0.717) is 0 Å². The van der Waals surface area contributed by atoms with E-state index in [1.54, 1.807) is 0 Å². The van der Waals surface area contributed by atoms with Crippen LogP contribution in [0.1, 0.15) is 9.75 Å². The van der Waals surface area contributed by atoms with Crippen LogP contribution in [0.2, 0.25) is 0 Å². The van der Waals surface area contributed by atoms with Gasteiger partial charge in [-0.05, 0) is 11.1 Å². The first-order valence-corrected chi connectivity index (χ1v) is 6.87. The zero-order valence-corrected chi connectivity index (χ0v) is 11.2. The molecule has 0 spiro atoms. The van der Waals surface area contributed by atoms with Gasteiger partial charge in [0.15, 0.2) is 0 Å². The maximum Gasteiger partial charge on any atom is 0.0177 e. The highest BCUT2D eigenvalue weighted by Crippen LogP contribution is 2.42. The third-order valence-corrected chi connectivity index (χ3v) is 3.94. The normalized spacial score (nSPS) is 10.6. The van der Waals surface area contributed by atoms with Crippen molar-refractivity contribution in [1.29, 1.82) is 0 Å². The van der Waals surface area contributed by atoms with Crippen LogP contribution in [0.4, 0.5) is 0 Å². The Balaban J connectivity index is 2.26. The van der Waals surface area contributed by atoms with Crippen molar-refractivity contribution >= 4 is 11.3 Å². The molecule has 0 aliphatic rings. The van der Waals surface area contributed by atoms with Gasteiger partial charge in [0.1, 0.15) is 0 Å². The van der Waals surface area contributed by atoms with Gasteiger partial charge < -0.3 is 0 Å². The number of hydrogen-bond donors (Lipinski definition) is 0. The summed E-state index contributed by atoms with van der Waals surface area (Å²) >= 11 is 1.44. The van der Waals surface area contributed by atoms with Crippen molar-refractivity contribution in [3.05, 3.63) is 84.3 Å². The molecule has 19 heavy (non-hydrogen) atoms. The molecule has 0 saturated carbocycles. The summed E-state index contributed by atoms with van der Waals surface area (Å²) in [5.74, 6) is 0. The van der Waals surface area contributed by atoms with Crippen LogP contribution in [0.5, 0.6) is 0 Å². The van der Waals surface area contributed by atoms with Gasteiger partial charge in [0.2, 0.25) is 0 Å². The Hall–Kier alpha value is -1.86. The summed E-state index contributed by atoms with van der Waals surface area (Å²) in [6.07, 6.45) is 0. The van der Waals surface area contributed by atoms with Crippen LogP contribution in [-0.2, 0) is 0 Å². The lowest BCUT2D eigenvalue weighted by molar-refractivity contribution is 1.61. The zero-order valence-electron chi connectivity index (χ0n) is 10.3. The quantitative estimate of drug-likeness (QED) is 0.594. The molecule has 2 aromatic carbocycles. The number of benzene rings is 2. The van der Waals surface area contributed by atoms with Crippen LogP contribution in [0.15, 0.2) is 60.7 Å². The van der Waals surface area contributed by atoms with Crippen molar-refractivity contribution in [2.45, 2.75) is 0 Å². The van der Waals surface area contributed by atoms with Crippen molar-refractivity contribution in [2.75, 3.05) is 0 Å². The molecule has 0 nitrogen and oxygen atoms in total. The second kappa shape index (κ2) is 5.02. The Morgan fingerprint density at radius 1 is 0.579 bits per heavy atom. The summed E-state index contributed by atoms with van der Waals surface area (Å²) in [4.78, 5) is 1.53. The van der Waals surface area contributed by atoms with E-state index in [4.69, 9.17) is 13.8 Å². The van der Waals surface area contributed by atoms with Crippen LogP contribution in [0.25, 0.3) is 22.3 Å². The Bertz CT molecular complexity index is 618. The third kappa shape index (κ3) is 2.22. The van der Waals surface area contributed by atoms with E-state index in [2.05, 4.69) is 24.3 Å². The van der Waals surface area contributed by atoms with Crippen LogP contribution in [0.3, 0.4) is 0 Å². The van der Waals surface area contributed by atoms with Gasteiger partial charge in [-0.25, -0.2) is 0 Å². The lowest BCUT2D eigenvalue weighted by atomic mass is 9.95. The van der Waals surface area contributed by atoms with E-state index in [0.717, 1.165) is 32.0 Å².